The monoisotopic (exact) mass is 442 g/mol. The highest BCUT2D eigenvalue weighted by molar-refractivity contribution is 7.98. The molecule has 9 heteroatoms. The van der Waals surface area contributed by atoms with Crippen LogP contribution in [0.4, 0.5) is 5.69 Å². The highest BCUT2D eigenvalue weighted by Gasteiger charge is 2.17. The van der Waals surface area contributed by atoms with Gasteiger partial charge in [0.1, 0.15) is 5.75 Å². The molecule has 8 nitrogen and oxygen atoms in total. The van der Waals surface area contributed by atoms with Gasteiger partial charge in [0.2, 0.25) is 5.16 Å². The minimum absolute atomic E-state index is 0.0214. The summed E-state index contributed by atoms with van der Waals surface area (Å²) in [5.74, 6) is 2.18. The van der Waals surface area contributed by atoms with E-state index < -0.39 is 4.92 Å². The summed E-state index contributed by atoms with van der Waals surface area (Å²) in [5, 5.41) is 19.2. The van der Waals surface area contributed by atoms with Gasteiger partial charge in [-0.05, 0) is 36.6 Å². The molecule has 0 saturated heterocycles. The van der Waals surface area contributed by atoms with E-state index in [1.165, 1.54) is 11.8 Å². The van der Waals surface area contributed by atoms with Crippen LogP contribution < -0.4 is 9.47 Å². The number of ether oxygens (including phenoxy) is 2. The minimum atomic E-state index is -0.409. The topological polar surface area (TPSA) is 103 Å². The fourth-order valence-corrected chi connectivity index (χ4v) is 3.56. The maximum absolute atomic E-state index is 11.4. The van der Waals surface area contributed by atoms with Gasteiger partial charge in [-0.1, -0.05) is 50.2 Å². The van der Waals surface area contributed by atoms with Gasteiger partial charge in [0.25, 0.3) is 0 Å². The Morgan fingerprint density at radius 2 is 1.87 bits per heavy atom. The summed E-state index contributed by atoms with van der Waals surface area (Å²) < 4.78 is 11.3. The van der Waals surface area contributed by atoms with Crippen molar-refractivity contribution in [1.29, 1.82) is 0 Å². The van der Waals surface area contributed by atoms with Crippen LogP contribution >= 0.6 is 11.8 Å². The largest absolute Gasteiger partial charge is 0.493 e. The van der Waals surface area contributed by atoms with Crippen LogP contribution in [0.2, 0.25) is 0 Å². The summed E-state index contributed by atoms with van der Waals surface area (Å²) in [6.45, 7) is 5.20. The van der Waals surface area contributed by atoms with Crippen LogP contribution in [0.1, 0.15) is 38.7 Å². The molecule has 3 rings (SSSR count). The quantitative estimate of drug-likeness (QED) is 0.167. The summed E-state index contributed by atoms with van der Waals surface area (Å²) in [6.07, 6.45) is 2.74. The van der Waals surface area contributed by atoms with Crippen molar-refractivity contribution in [2.24, 2.45) is 0 Å². The molecule has 0 aliphatic heterocycles. The Bertz CT molecular complexity index is 1010. The standard InChI is InChI=1S/C22H26N4O4S/c1-3-5-13-30-20-11-10-16(14-18(20)26(27)28)15-31-22-23-21(24-25-22)17-8-6-7-9-19(17)29-12-4-2/h6-11,14H,3-5,12-13,15H2,1-2H3,(H,23,24,25). The van der Waals surface area contributed by atoms with Gasteiger partial charge < -0.3 is 9.47 Å². The predicted molar refractivity (Wildman–Crippen MR) is 121 cm³/mol. The number of para-hydroxylation sites is 1. The summed E-state index contributed by atoms with van der Waals surface area (Å²) in [6, 6.07) is 12.7. The number of aromatic amines is 1. The summed E-state index contributed by atoms with van der Waals surface area (Å²) in [5.41, 5.74) is 1.63. The first-order chi connectivity index (χ1) is 15.1. The van der Waals surface area contributed by atoms with Gasteiger partial charge in [-0.25, -0.2) is 4.98 Å². The Balaban J connectivity index is 1.68. The van der Waals surface area contributed by atoms with Crippen LogP contribution in [0, 0.1) is 10.1 Å². The van der Waals surface area contributed by atoms with Crippen LogP contribution in [0.3, 0.4) is 0 Å². The van der Waals surface area contributed by atoms with Crippen LogP contribution in [0.5, 0.6) is 11.5 Å². The van der Waals surface area contributed by atoms with Crippen molar-refractivity contribution in [1.82, 2.24) is 15.2 Å². The fourth-order valence-electron chi connectivity index (χ4n) is 2.82. The molecule has 31 heavy (non-hydrogen) atoms. The highest BCUT2D eigenvalue weighted by Crippen LogP contribution is 2.32. The van der Waals surface area contributed by atoms with Gasteiger partial charge in [-0.15, -0.1) is 5.10 Å². The number of nitrogens with zero attached hydrogens (tertiary/aromatic N) is 3. The Morgan fingerprint density at radius 3 is 2.65 bits per heavy atom. The number of nitro groups is 1. The lowest BCUT2D eigenvalue weighted by molar-refractivity contribution is -0.385. The molecule has 164 valence electrons. The van der Waals surface area contributed by atoms with Gasteiger partial charge in [-0.3, -0.25) is 15.2 Å². The molecule has 0 bridgehead atoms. The van der Waals surface area contributed by atoms with Gasteiger partial charge >= 0.3 is 5.69 Å². The van der Waals surface area contributed by atoms with E-state index in [0.29, 0.717) is 35.7 Å². The number of hydrogen-bond acceptors (Lipinski definition) is 7. The van der Waals surface area contributed by atoms with Crippen molar-refractivity contribution < 1.29 is 14.4 Å². The third-order valence-corrected chi connectivity index (χ3v) is 5.33. The van der Waals surface area contributed by atoms with Crippen molar-refractivity contribution in [3.63, 3.8) is 0 Å². The average molecular weight is 443 g/mol. The predicted octanol–water partition coefficient (Wildman–Crippen LogP) is 5.64. The molecule has 0 radical (unpaired) electrons. The summed E-state index contributed by atoms with van der Waals surface area (Å²) in [7, 11) is 0. The van der Waals surface area contributed by atoms with Crippen LogP contribution in [0.15, 0.2) is 47.6 Å². The molecule has 0 spiro atoms. The highest BCUT2D eigenvalue weighted by atomic mass is 32.2. The lowest BCUT2D eigenvalue weighted by atomic mass is 10.2. The van der Waals surface area contributed by atoms with Crippen molar-refractivity contribution >= 4 is 17.4 Å². The van der Waals surface area contributed by atoms with E-state index in [1.807, 2.05) is 37.3 Å². The Hall–Kier alpha value is -3.07. The molecular formula is C22H26N4O4S. The third kappa shape index (κ3) is 6.21. The van der Waals surface area contributed by atoms with E-state index in [9.17, 15) is 10.1 Å². The van der Waals surface area contributed by atoms with Crippen LogP contribution in [-0.2, 0) is 5.75 Å². The van der Waals surface area contributed by atoms with Gasteiger partial charge in [0.15, 0.2) is 11.6 Å². The van der Waals surface area contributed by atoms with Crippen LogP contribution in [-0.4, -0.2) is 33.3 Å². The van der Waals surface area contributed by atoms with Gasteiger partial charge in [0.05, 0.1) is 23.7 Å². The first-order valence-electron chi connectivity index (χ1n) is 10.3. The normalized spacial score (nSPS) is 10.8. The maximum Gasteiger partial charge on any atom is 0.311 e. The van der Waals surface area contributed by atoms with E-state index in [2.05, 4.69) is 22.1 Å². The molecule has 0 amide bonds. The van der Waals surface area contributed by atoms with E-state index in [-0.39, 0.29) is 5.69 Å². The second-order valence-corrected chi connectivity index (χ2v) is 7.80. The molecular weight excluding hydrogens is 416 g/mol. The molecule has 1 N–H and O–H groups in total. The van der Waals surface area contributed by atoms with Crippen molar-refractivity contribution in [3.8, 4) is 22.9 Å². The smallest absolute Gasteiger partial charge is 0.311 e. The number of hydrogen-bond donors (Lipinski definition) is 1. The fraction of sp³-hybridized carbons (Fsp3) is 0.364. The number of nitro benzene ring substituents is 1. The summed E-state index contributed by atoms with van der Waals surface area (Å²) in [4.78, 5) is 15.6. The lowest BCUT2D eigenvalue weighted by Gasteiger charge is -2.08. The third-order valence-electron chi connectivity index (χ3n) is 4.41. The van der Waals surface area contributed by atoms with Gasteiger partial charge in [0, 0.05) is 11.8 Å². The van der Waals surface area contributed by atoms with Crippen molar-refractivity contribution in [3.05, 3.63) is 58.1 Å². The lowest BCUT2D eigenvalue weighted by Crippen LogP contribution is -2.01. The number of unbranched alkanes of at least 4 members (excludes halogenated alkanes) is 1. The molecule has 0 aliphatic rings. The van der Waals surface area contributed by atoms with Gasteiger partial charge in [-0.2, -0.15) is 0 Å². The molecule has 0 atom stereocenters. The molecule has 1 heterocycles. The molecule has 1 aromatic heterocycles. The zero-order valence-electron chi connectivity index (χ0n) is 17.7. The van der Waals surface area contributed by atoms with E-state index in [0.717, 1.165) is 36.1 Å². The molecule has 3 aromatic rings. The van der Waals surface area contributed by atoms with E-state index in [1.54, 1.807) is 12.1 Å². The van der Waals surface area contributed by atoms with E-state index in [4.69, 9.17) is 9.47 Å². The number of rotatable bonds is 12. The molecule has 0 saturated carbocycles. The zero-order valence-corrected chi connectivity index (χ0v) is 18.5. The first-order valence-corrected chi connectivity index (χ1v) is 11.3. The molecule has 0 fully saturated rings. The zero-order chi connectivity index (χ0) is 22.1. The number of H-pyrrole nitrogens is 1. The van der Waals surface area contributed by atoms with Crippen LogP contribution in [0.25, 0.3) is 11.4 Å². The first kappa shape index (κ1) is 22.6. The van der Waals surface area contributed by atoms with Crippen molar-refractivity contribution in [2.75, 3.05) is 13.2 Å². The second-order valence-electron chi connectivity index (χ2n) is 6.86. The number of nitrogens with one attached hydrogen (secondary N) is 1. The SMILES string of the molecule is CCCCOc1ccc(CSc2n[nH]c(-c3ccccc3OCCC)n2)cc1[N+](=O)[O-]. The Labute approximate surface area is 185 Å². The molecule has 2 aromatic carbocycles. The number of thioether (sulfide) groups is 1. The Morgan fingerprint density at radius 1 is 1.06 bits per heavy atom. The molecule has 0 aliphatic carbocycles. The second kappa shape index (κ2) is 11.4. The Kier molecular flexibility index (Phi) is 8.28. The maximum atomic E-state index is 11.4. The minimum Gasteiger partial charge on any atom is -0.493 e. The number of benzene rings is 2. The molecule has 0 unspecified atom stereocenters. The average Bonchev–Trinajstić information content (AvgIpc) is 3.26. The van der Waals surface area contributed by atoms with Crippen molar-refractivity contribution in [2.45, 2.75) is 44.0 Å². The summed E-state index contributed by atoms with van der Waals surface area (Å²) >= 11 is 1.40. The van der Waals surface area contributed by atoms with E-state index >= 15 is 0 Å². The number of aromatic nitrogens is 3.